The maximum absolute atomic E-state index is 11.9. The maximum atomic E-state index is 11.9. The SMILES string of the molecule is Cc1ccc(C(=O)OCC(=O)c2ccc(Br)s2)c(C)c1. The molecule has 0 aliphatic carbocycles. The summed E-state index contributed by atoms with van der Waals surface area (Å²) >= 11 is 4.62. The van der Waals surface area contributed by atoms with Gasteiger partial charge in [-0.3, -0.25) is 4.79 Å². The quantitative estimate of drug-likeness (QED) is 0.612. The van der Waals surface area contributed by atoms with Crippen molar-refractivity contribution < 1.29 is 14.3 Å². The van der Waals surface area contributed by atoms with Gasteiger partial charge in [0.05, 0.1) is 14.2 Å². The average Bonchev–Trinajstić information content (AvgIpc) is 2.82. The number of thiophene rings is 1. The molecule has 0 N–H and O–H groups in total. The van der Waals surface area contributed by atoms with Crippen LogP contribution >= 0.6 is 27.3 Å². The third-order valence-corrected chi connectivity index (χ3v) is 4.45. The first-order valence-corrected chi connectivity index (χ1v) is 7.61. The van der Waals surface area contributed by atoms with Crippen LogP contribution in [0.3, 0.4) is 0 Å². The molecule has 0 atom stereocenters. The lowest BCUT2D eigenvalue weighted by Gasteiger charge is -2.06. The Bertz CT molecular complexity index is 661. The summed E-state index contributed by atoms with van der Waals surface area (Å²) in [5.41, 5.74) is 2.43. The molecule has 0 fully saturated rings. The highest BCUT2D eigenvalue weighted by Crippen LogP contribution is 2.22. The van der Waals surface area contributed by atoms with Gasteiger partial charge in [0.1, 0.15) is 0 Å². The Hall–Kier alpha value is -1.46. The van der Waals surface area contributed by atoms with Crippen LogP contribution in [-0.4, -0.2) is 18.4 Å². The molecule has 1 aromatic heterocycles. The van der Waals surface area contributed by atoms with Gasteiger partial charge in [-0.1, -0.05) is 17.7 Å². The zero-order valence-electron chi connectivity index (χ0n) is 11.1. The molecule has 1 heterocycles. The second-order valence-corrected chi connectivity index (χ2v) is 6.88. The zero-order valence-corrected chi connectivity index (χ0v) is 13.5. The molecule has 3 nitrogen and oxygen atoms in total. The van der Waals surface area contributed by atoms with E-state index in [1.54, 1.807) is 18.2 Å². The highest BCUT2D eigenvalue weighted by molar-refractivity contribution is 9.11. The molecule has 0 radical (unpaired) electrons. The van der Waals surface area contributed by atoms with E-state index in [2.05, 4.69) is 15.9 Å². The van der Waals surface area contributed by atoms with Crippen LogP contribution in [0.1, 0.15) is 31.2 Å². The van der Waals surface area contributed by atoms with Crippen LogP contribution in [0, 0.1) is 13.8 Å². The van der Waals surface area contributed by atoms with E-state index in [0.717, 1.165) is 14.9 Å². The maximum Gasteiger partial charge on any atom is 0.338 e. The summed E-state index contributed by atoms with van der Waals surface area (Å²) < 4.78 is 5.95. The van der Waals surface area contributed by atoms with Crippen LogP contribution in [0.4, 0.5) is 0 Å². The number of rotatable bonds is 4. The third kappa shape index (κ3) is 3.55. The number of carbonyl (C=O) groups excluding carboxylic acids is 2. The minimum Gasteiger partial charge on any atom is -0.454 e. The first-order chi connectivity index (χ1) is 9.47. The largest absolute Gasteiger partial charge is 0.454 e. The molecular formula is C15H13BrO3S. The summed E-state index contributed by atoms with van der Waals surface area (Å²) in [5.74, 6) is -0.662. The monoisotopic (exact) mass is 352 g/mol. The van der Waals surface area contributed by atoms with E-state index in [1.165, 1.54) is 11.3 Å². The second-order valence-electron chi connectivity index (χ2n) is 4.42. The second kappa shape index (κ2) is 6.33. The van der Waals surface area contributed by atoms with E-state index in [-0.39, 0.29) is 12.4 Å². The van der Waals surface area contributed by atoms with Crippen LogP contribution in [0.25, 0.3) is 0 Å². The summed E-state index contributed by atoms with van der Waals surface area (Å²) in [5, 5.41) is 0. The van der Waals surface area contributed by atoms with E-state index < -0.39 is 5.97 Å². The molecule has 2 rings (SSSR count). The minimum atomic E-state index is -0.466. The van der Waals surface area contributed by atoms with E-state index >= 15 is 0 Å². The van der Waals surface area contributed by atoms with Gasteiger partial charge < -0.3 is 4.74 Å². The molecule has 0 unspecified atom stereocenters. The Balaban J connectivity index is 2.00. The van der Waals surface area contributed by atoms with Crippen LogP contribution in [-0.2, 0) is 4.74 Å². The Morgan fingerprint density at radius 2 is 1.95 bits per heavy atom. The normalized spacial score (nSPS) is 10.3. The number of aryl methyl sites for hydroxylation is 2. The van der Waals surface area contributed by atoms with Gasteiger partial charge in [-0.2, -0.15) is 0 Å². The molecule has 0 amide bonds. The van der Waals surface area contributed by atoms with Crippen molar-refractivity contribution >= 4 is 39.0 Å². The van der Waals surface area contributed by atoms with Crippen LogP contribution in [0.2, 0.25) is 0 Å². The fourth-order valence-corrected chi connectivity index (χ4v) is 3.10. The molecule has 0 spiro atoms. The lowest BCUT2D eigenvalue weighted by atomic mass is 10.1. The van der Waals surface area contributed by atoms with Gasteiger partial charge in [-0.05, 0) is 53.5 Å². The van der Waals surface area contributed by atoms with E-state index in [4.69, 9.17) is 4.74 Å². The molecule has 1 aromatic carbocycles. The topological polar surface area (TPSA) is 43.4 Å². The average molecular weight is 353 g/mol. The minimum absolute atomic E-state index is 0.196. The molecule has 20 heavy (non-hydrogen) atoms. The number of carbonyl (C=O) groups is 2. The summed E-state index contributed by atoms with van der Waals surface area (Å²) in [6.45, 7) is 3.57. The summed E-state index contributed by atoms with van der Waals surface area (Å²) in [4.78, 5) is 24.4. The van der Waals surface area contributed by atoms with Crippen molar-refractivity contribution in [2.24, 2.45) is 0 Å². The predicted molar refractivity (Wildman–Crippen MR) is 82.5 cm³/mol. The molecule has 0 bridgehead atoms. The van der Waals surface area contributed by atoms with Crippen LogP contribution in [0.15, 0.2) is 34.1 Å². The number of halogens is 1. The molecule has 0 aliphatic rings. The van der Waals surface area contributed by atoms with E-state index in [0.29, 0.717) is 10.4 Å². The highest BCUT2D eigenvalue weighted by atomic mass is 79.9. The zero-order chi connectivity index (χ0) is 14.7. The van der Waals surface area contributed by atoms with Crippen molar-refractivity contribution in [3.05, 3.63) is 55.7 Å². The number of Topliss-reactive ketones (excluding diaryl/α,β-unsaturated/α-hetero) is 1. The molecule has 2 aromatic rings. The lowest BCUT2D eigenvalue weighted by molar-refractivity contribution is 0.0475. The Kier molecular flexibility index (Phi) is 4.73. The molecule has 5 heteroatoms. The van der Waals surface area contributed by atoms with Crippen LogP contribution in [0.5, 0.6) is 0 Å². The van der Waals surface area contributed by atoms with E-state index in [1.807, 2.05) is 26.0 Å². The highest BCUT2D eigenvalue weighted by Gasteiger charge is 2.14. The van der Waals surface area contributed by atoms with Gasteiger partial charge in [0.2, 0.25) is 5.78 Å². The number of hydrogen-bond donors (Lipinski definition) is 0. The molecule has 0 saturated heterocycles. The predicted octanol–water partition coefficient (Wildman–Crippen LogP) is 4.17. The summed E-state index contributed by atoms with van der Waals surface area (Å²) in [6, 6.07) is 8.99. The van der Waals surface area contributed by atoms with Gasteiger partial charge in [-0.25, -0.2) is 4.79 Å². The van der Waals surface area contributed by atoms with Crippen molar-refractivity contribution in [1.29, 1.82) is 0 Å². The van der Waals surface area contributed by atoms with Crippen molar-refractivity contribution in [2.75, 3.05) is 6.61 Å². The van der Waals surface area contributed by atoms with Gasteiger partial charge in [-0.15, -0.1) is 11.3 Å². The Labute approximate surface area is 129 Å². The number of ether oxygens (including phenoxy) is 1. The van der Waals surface area contributed by atoms with E-state index in [9.17, 15) is 9.59 Å². The fourth-order valence-electron chi connectivity index (χ4n) is 1.79. The number of esters is 1. The number of hydrogen-bond acceptors (Lipinski definition) is 4. The van der Waals surface area contributed by atoms with Gasteiger partial charge >= 0.3 is 5.97 Å². The van der Waals surface area contributed by atoms with Crippen molar-refractivity contribution in [3.8, 4) is 0 Å². The smallest absolute Gasteiger partial charge is 0.338 e. The van der Waals surface area contributed by atoms with Crippen molar-refractivity contribution in [2.45, 2.75) is 13.8 Å². The fraction of sp³-hybridized carbons (Fsp3) is 0.200. The summed E-state index contributed by atoms with van der Waals surface area (Å²) in [6.07, 6.45) is 0. The lowest BCUT2D eigenvalue weighted by Crippen LogP contribution is -2.14. The van der Waals surface area contributed by atoms with Crippen molar-refractivity contribution in [3.63, 3.8) is 0 Å². The van der Waals surface area contributed by atoms with Crippen molar-refractivity contribution in [1.82, 2.24) is 0 Å². The molecule has 0 aliphatic heterocycles. The van der Waals surface area contributed by atoms with Gasteiger partial charge in [0.15, 0.2) is 6.61 Å². The molecular weight excluding hydrogens is 340 g/mol. The van der Waals surface area contributed by atoms with Crippen LogP contribution < -0.4 is 0 Å². The molecule has 104 valence electrons. The summed E-state index contributed by atoms with van der Waals surface area (Å²) in [7, 11) is 0. The first kappa shape index (κ1) is 14.9. The first-order valence-electron chi connectivity index (χ1n) is 6.00. The Morgan fingerprint density at radius 1 is 1.20 bits per heavy atom. The van der Waals surface area contributed by atoms with Gasteiger partial charge in [0.25, 0.3) is 0 Å². The Morgan fingerprint density at radius 3 is 2.55 bits per heavy atom. The van der Waals surface area contributed by atoms with Gasteiger partial charge in [0, 0.05) is 0 Å². The standard InChI is InChI=1S/C15H13BrO3S/c1-9-3-4-11(10(2)7-9)15(18)19-8-12(17)13-5-6-14(16)20-13/h3-7H,8H2,1-2H3. The number of benzene rings is 1. The molecule has 0 saturated carbocycles. The third-order valence-electron chi connectivity index (χ3n) is 2.78. The number of ketones is 1.